The van der Waals surface area contributed by atoms with Crippen molar-refractivity contribution in [2.75, 3.05) is 26.2 Å². The summed E-state index contributed by atoms with van der Waals surface area (Å²) in [5.41, 5.74) is 0. The molecule has 144 valence electrons. The zero-order chi connectivity index (χ0) is 17.9. The zero-order valence-corrected chi connectivity index (χ0v) is 15.9. The first-order valence-electron chi connectivity index (χ1n) is 9.95. The van der Waals surface area contributed by atoms with Crippen molar-refractivity contribution in [2.24, 2.45) is 5.92 Å². The van der Waals surface area contributed by atoms with Crippen molar-refractivity contribution in [3.8, 4) is 0 Å². The monoisotopic (exact) mass is 372 g/mol. The van der Waals surface area contributed by atoms with Crippen molar-refractivity contribution < 1.29 is 22.6 Å². The summed E-state index contributed by atoms with van der Waals surface area (Å²) >= 11 is -2.12. The molecule has 0 radical (unpaired) electrons. The van der Waals surface area contributed by atoms with Gasteiger partial charge in [-0.2, -0.15) is 0 Å². The van der Waals surface area contributed by atoms with Gasteiger partial charge in [0.15, 0.2) is 0 Å². The van der Waals surface area contributed by atoms with E-state index in [9.17, 15) is 18.7 Å². The Balaban J connectivity index is 1.57. The summed E-state index contributed by atoms with van der Waals surface area (Å²) in [7, 11) is 0. The van der Waals surface area contributed by atoms with Gasteiger partial charge in [-0.1, -0.05) is 6.42 Å². The van der Waals surface area contributed by atoms with E-state index in [2.05, 4.69) is 0 Å². The van der Waals surface area contributed by atoms with Crippen molar-refractivity contribution in [1.82, 2.24) is 4.90 Å². The summed E-state index contributed by atoms with van der Waals surface area (Å²) in [6, 6.07) is 0.237. The number of carbonyl (C=O) groups excluding carboxylic acids is 1. The third-order valence-electron chi connectivity index (χ3n) is 6.63. The van der Waals surface area contributed by atoms with Crippen LogP contribution in [0.4, 0.5) is 0 Å². The van der Waals surface area contributed by atoms with Crippen molar-refractivity contribution >= 4 is 17.2 Å². The lowest BCUT2D eigenvalue weighted by Crippen LogP contribution is -2.63. The molecule has 0 aromatic rings. The summed E-state index contributed by atoms with van der Waals surface area (Å²) in [4.78, 5) is 14.2. The first kappa shape index (κ1) is 19.3. The van der Waals surface area contributed by atoms with Crippen LogP contribution in [-0.2, 0) is 16.1 Å². The number of aliphatic hydroxyl groups is 1. The van der Waals surface area contributed by atoms with E-state index in [1.807, 2.05) is 4.90 Å². The molecule has 2 saturated heterocycles. The minimum absolute atomic E-state index is 0.110. The molecule has 1 aliphatic carbocycles. The minimum atomic E-state index is -2.12. The van der Waals surface area contributed by atoms with E-state index in [1.54, 1.807) is 0 Å². The van der Waals surface area contributed by atoms with Crippen LogP contribution in [0.15, 0.2) is 0 Å². The Morgan fingerprint density at radius 2 is 1.80 bits per heavy atom. The van der Waals surface area contributed by atoms with Gasteiger partial charge in [0.05, 0.1) is 19.2 Å². The lowest BCUT2D eigenvalue weighted by molar-refractivity contribution is -0.846. The summed E-state index contributed by atoms with van der Waals surface area (Å²) < 4.78 is 24.6. The van der Waals surface area contributed by atoms with Crippen LogP contribution in [0.1, 0.15) is 64.2 Å². The van der Waals surface area contributed by atoms with Crippen LogP contribution in [0.25, 0.3) is 0 Å². The van der Waals surface area contributed by atoms with Gasteiger partial charge >= 0.3 is 0 Å². The van der Waals surface area contributed by atoms with Crippen LogP contribution in [0.5, 0.6) is 0 Å². The van der Waals surface area contributed by atoms with Gasteiger partial charge in [0.1, 0.15) is 17.3 Å². The molecule has 2 aliphatic heterocycles. The fraction of sp³-hybridized carbons (Fsp3) is 0.944. The molecule has 0 bridgehead atoms. The lowest BCUT2D eigenvalue weighted by atomic mass is 9.78. The van der Waals surface area contributed by atoms with Gasteiger partial charge in [0, 0.05) is 38.3 Å². The summed E-state index contributed by atoms with van der Waals surface area (Å²) in [5, 5.41) is 9.55. The van der Waals surface area contributed by atoms with E-state index in [1.165, 1.54) is 6.42 Å². The van der Waals surface area contributed by atoms with Crippen LogP contribution < -0.4 is 0 Å². The topological polar surface area (TPSA) is 80.7 Å². The molecule has 4 atom stereocenters. The molecule has 1 saturated carbocycles. The van der Waals surface area contributed by atoms with Crippen LogP contribution in [0.2, 0.25) is 0 Å². The number of nitrogens with zero attached hydrogens (tertiary/aromatic N) is 2. The number of piperidine rings is 2. The molecule has 4 unspecified atom stereocenters. The SMILES string of the molecule is O=C(CCC[N+]1(S(=O)[O-])CCCC2CCCCC21)N1CCC(O)CC1. The number of aliphatic hydroxyl groups excluding tert-OH is 1. The molecule has 3 fully saturated rings. The van der Waals surface area contributed by atoms with E-state index in [0.717, 1.165) is 32.1 Å². The largest absolute Gasteiger partial charge is 0.724 e. The summed E-state index contributed by atoms with van der Waals surface area (Å²) in [6.45, 7) is 2.53. The van der Waals surface area contributed by atoms with Crippen LogP contribution >= 0.6 is 0 Å². The second-order valence-electron chi connectivity index (χ2n) is 8.09. The van der Waals surface area contributed by atoms with Gasteiger partial charge < -0.3 is 14.6 Å². The number of hydrogen-bond donors (Lipinski definition) is 1. The van der Waals surface area contributed by atoms with Crippen molar-refractivity contribution in [2.45, 2.75) is 76.4 Å². The number of hydrogen-bond acceptors (Lipinski definition) is 4. The minimum Gasteiger partial charge on any atom is -0.724 e. The standard InChI is InChI=1S/C18H32N2O4S/c21-16-9-11-19(12-10-16)18(22)8-4-14-20(25(23)24)13-3-6-15-5-1-2-7-17(15)20/h15-17,21H,1-14H2. The van der Waals surface area contributed by atoms with E-state index in [-0.39, 0.29) is 21.9 Å². The number of likely N-dealkylation sites (tertiary alicyclic amines) is 2. The van der Waals surface area contributed by atoms with Crippen molar-refractivity contribution in [1.29, 1.82) is 0 Å². The van der Waals surface area contributed by atoms with Gasteiger partial charge in [-0.3, -0.25) is 4.79 Å². The highest BCUT2D eigenvalue weighted by molar-refractivity contribution is 7.73. The number of fused-ring (bicyclic) bond motifs is 1. The highest BCUT2D eigenvalue weighted by Gasteiger charge is 2.47. The van der Waals surface area contributed by atoms with Crippen molar-refractivity contribution in [3.05, 3.63) is 0 Å². The third kappa shape index (κ3) is 4.26. The van der Waals surface area contributed by atoms with Crippen LogP contribution in [-0.4, -0.2) is 66.9 Å². The average Bonchev–Trinajstić information content (AvgIpc) is 2.62. The molecular weight excluding hydrogens is 340 g/mol. The predicted molar refractivity (Wildman–Crippen MR) is 94.9 cm³/mol. The smallest absolute Gasteiger partial charge is 0.222 e. The molecule has 1 N–H and O–H groups in total. The maximum Gasteiger partial charge on any atom is 0.222 e. The molecule has 3 rings (SSSR count). The van der Waals surface area contributed by atoms with Crippen molar-refractivity contribution in [3.63, 3.8) is 0 Å². The molecule has 1 amide bonds. The Bertz CT molecular complexity index is 493. The molecule has 0 spiro atoms. The van der Waals surface area contributed by atoms with Gasteiger partial charge in [-0.15, -0.1) is 0 Å². The summed E-state index contributed by atoms with van der Waals surface area (Å²) in [6.07, 6.45) is 8.76. The Morgan fingerprint density at radius 3 is 2.52 bits per heavy atom. The van der Waals surface area contributed by atoms with Gasteiger partial charge in [0.25, 0.3) is 0 Å². The third-order valence-corrected chi connectivity index (χ3v) is 7.86. The highest BCUT2D eigenvalue weighted by atomic mass is 32.2. The normalized spacial score (nSPS) is 35.2. The molecule has 0 aromatic heterocycles. The number of amides is 1. The maximum absolute atomic E-state index is 12.4. The van der Waals surface area contributed by atoms with Gasteiger partial charge in [-0.25, -0.2) is 8.10 Å². The first-order valence-corrected chi connectivity index (χ1v) is 11.0. The average molecular weight is 373 g/mol. The molecule has 0 aromatic carbocycles. The quantitative estimate of drug-likeness (QED) is 0.588. The van der Waals surface area contributed by atoms with Crippen LogP contribution in [0, 0.1) is 5.92 Å². The van der Waals surface area contributed by atoms with Gasteiger partial charge in [0.2, 0.25) is 5.91 Å². The predicted octanol–water partition coefficient (Wildman–Crippen LogP) is 1.71. The Hall–Kier alpha value is -0.500. The number of carbonyl (C=O) groups is 1. The molecule has 25 heavy (non-hydrogen) atoms. The second kappa shape index (κ2) is 8.46. The fourth-order valence-corrected chi connectivity index (χ4v) is 6.29. The first-order chi connectivity index (χ1) is 12.0. The van der Waals surface area contributed by atoms with E-state index in [4.69, 9.17) is 0 Å². The maximum atomic E-state index is 12.4. The van der Waals surface area contributed by atoms with E-state index >= 15 is 0 Å². The Kier molecular flexibility index (Phi) is 6.52. The molecular formula is C18H32N2O4S. The zero-order valence-electron chi connectivity index (χ0n) is 15.1. The number of rotatable bonds is 5. The van der Waals surface area contributed by atoms with E-state index < -0.39 is 11.3 Å². The second-order valence-corrected chi connectivity index (χ2v) is 9.25. The Labute approximate surface area is 153 Å². The fourth-order valence-electron chi connectivity index (χ4n) is 5.24. The van der Waals surface area contributed by atoms with Crippen LogP contribution in [0.3, 0.4) is 0 Å². The summed E-state index contributed by atoms with van der Waals surface area (Å²) in [5.74, 6) is 0.651. The number of quaternary nitrogens is 1. The molecule has 3 aliphatic rings. The lowest BCUT2D eigenvalue weighted by Gasteiger charge is -2.52. The molecule has 2 heterocycles. The molecule has 7 heteroatoms. The Morgan fingerprint density at radius 1 is 1.12 bits per heavy atom. The van der Waals surface area contributed by atoms with Gasteiger partial charge in [-0.05, 0) is 38.5 Å². The van der Waals surface area contributed by atoms with E-state index in [0.29, 0.717) is 57.8 Å². The molecule has 6 nitrogen and oxygen atoms in total. The highest BCUT2D eigenvalue weighted by Crippen LogP contribution is 2.41.